The van der Waals surface area contributed by atoms with Crippen LogP contribution in [-0.4, -0.2) is 29.8 Å². The van der Waals surface area contributed by atoms with Crippen LogP contribution in [0.15, 0.2) is 36.9 Å². The maximum atomic E-state index is 5.74. The molecule has 0 N–H and O–H groups in total. The van der Waals surface area contributed by atoms with Gasteiger partial charge in [0.1, 0.15) is 22.3 Å². The number of benzene rings is 1. The van der Waals surface area contributed by atoms with Gasteiger partial charge in [-0.2, -0.15) is 0 Å². The van der Waals surface area contributed by atoms with E-state index in [0.29, 0.717) is 17.1 Å². The van der Waals surface area contributed by atoms with E-state index in [4.69, 9.17) is 13.9 Å². The Morgan fingerprint density at radius 1 is 1.35 bits per heavy atom. The number of rotatable bonds is 7. The van der Waals surface area contributed by atoms with E-state index in [-0.39, 0.29) is 12.2 Å². The predicted octanol–water partition coefficient (Wildman–Crippen LogP) is 1.45. The Morgan fingerprint density at radius 3 is 2.47 bits per heavy atom. The summed E-state index contributed by atoms with van der Waals surface area (Å²) in [4.78, 5) is 0. The second-order valence-corrected chi connectivity index (χ2v) is 4.27. The third-order valence-corrected chi connectivity index (χ3v) is 3.41. The lowest BCUT2D eigenvalue weighted by Gasteiger charge is -2.20. The monoisotopic (exact) mass is 252 g/mol. The molecule has 4 heteroatoms. The molecule has 0 amide bonds. The molecule has 2 atom stereocenters. The minimum absolute atomic E-state index is 0.0606. The zero-order valence-corrected chi connectivity index (χ0v) is 12.7. The van der Waals surface area contributed by atoms with Gasteiger partial charge in [0.15, 0.2) is 0 Å². The molecule has 0 heterocycles. The van der Waals surface area contributed by atoms with Crippen LogP contribution in [0, 0.1) is 0 Å². The van der Waals surface area contributed by atoms with Crippen LogP contribution >= 0.6 is 0 Å². The quantitative estimate of drug-likeness (QED) is 0.543. The Balaban J connectivity index is 2.50. The molecule has 0 aliphatic carbocycles. The first-order valence-electron chi connectivity index (χ1n) is 5.61. The van der Waals surface area contributed by atoms with E-state index in [1.54, 1.807) is 13.2 Å². The van der Waals surface area contributed by atoms with Crippen molar-refractivity contribution in [3.05, 3.63) is 42.5 Å². The fraction of sp³-hybridized carbons (Fsp3) is 0.385. The minimum atomic E-state index is -0.0606. The third kappa shape index (κ3) is 4.34. The normalized spacial score (nSPS) is 14.2. The van der Waals surface area contributed by atoms with Crippen LogP contribution in [0.1, 0.15) is 12.5 Å². The zero-order valence-electron chi connectivity index (χ0n) is 10.7. The summed E-state index contributed by atoms with van der Waals surface area (Å²) in [5.74, 6) is 0.852. The van der Waals surface area contributed by atoms with Crippen molar-refractivity contribution >= 4 is 10.5 Å². The Bertz CT molecular complexity index is 337. The van der Waals surface area contributed by atoms with Gasteiger partial charge in [0.25, 0.3) is 0 Å². The summed E-state index contributed by atoms with van der Waals surface area (Å²) in [6.45, 7) is 6.31. The molecule has 0 saturated carbocycles. The van der Waals surface area contributed by atoms with Crippen LogP contribution in [0.25, 0.3) is 0 Å². The first-order chi connectivity index (χ1) is 8.21. The maximum absolute atomic E-state index is 5.74. The average molecular weight is 252 g/mol. The van der Waals surface area contributed by atoms with E-state index < -0.39 is 0 Å². The van der Waals surface area contributed by atoms with Crippen molar-refractivity contribution in [2.24, 2.45) is 0 Å². The number of hydrogen-bond donors (Lipinski definition) is 0. The SMILES string of the molecule is C=C[C@@H](OCc1ccc(OC)cc1)[C@H](C)O[SiH3]. The van der Waals surface area contributed by atoms with Crippen LogP contribution in [0.5, 0.6) is 5.75 Å². The summed E-state index contributed by atoms with van der Waals surface area (Å²) in [5, 5.41) is 0. The van der Waals surface area contributed by atoms with Gasteiger partial charge in [-0.25, -0.2) is 0 Å². The van der Waals surface area contributed by atoms with Crippen LogP contribution in [0.2, 0.25) is 0 Å². The smallest absolute Gasteiger partial charge is 0.146 e. The molecule has 17 heavy (non-hydrogen) atoms. The van der Waals surface area contributed by atoms with Crippen LogP contribution in [-0.2, 0) is 15.8 Å². The second kappa shape index (κ2) is 7.27. The van der Waals surface area contributed by atoms with Crippen molar-refractivity contribution in [1.82, 2.24) is 0 Å². The Morgan fingerprint density at radius 2 is 2.00 bits per heavy atom. The molecule has 0 aromatic heterocycles. The lowest BCUT2D eigenvalue weighted by atomic mass is 10.2. The van der Waals surface area contributed by atoms with Crippen molar-refractivity contribution < 1.29 is 13.9 Å². The highest BCUT2D eigenvalue weighted by molar-refractivity contribution is 5.98. The topological polar surface area (TPSA) is 27.7 Å². The lowest BCUT2D eigenvalue weighted by Crippen LogP contribution is -2.26. The summed E-state index contributed by atoms with van der Waals surface area (Å²) in [5.41, 5.74) is 1.11. The molecular weight excluding hydrogens is 232 g/mol. The number of methoxy groups -OCH3 is 1. The summed E-state index contributed by atoms with van der Waals surface area (Å²) < 4.78 is 16.2. The maximum Gasteiger partial charge on any atom is 0.146 e. The van der Waals surface area contributed by atoms with Crippen molar-refractivity contribution in [2.45, 2.75) is 25.7 Å². The van der Waals surface area contributed by atoms with Gasteiger partial charge >= 0.3 is 0 Å². The van der Waals surface area contributed by atoms with Gasteiger partial charge in [0.05, 0.1) is 19.8 Å². The van der Waals surface area contributed by atoms with Crippen LogP contribution < -0.4 is 4.74 Å². The highest BCUT2D eigenvalue weighted by Crippen LogP contribution is 2.13. The van der Waals surface area contributed by atoms with E-state index >= 15 is 0 Å². The molecule has 0 saturated heterocycles. The van der Waals surface area contributed by atoms with Gasteiger partial charge in [-0.05, 0) is 24.6 Å². The fourth-order valence-corrected chi connectivity index (χ4v) is 1.71. The molecule has 94 valence electrons. The molecule has 0 radical (unpaired) electrons. The largest absolute Gasteiger partial charge is 0.497 e. The molecule has 1 aromatic rings. The molecule has 0 aliphatic rings. The Kier molecular flexibility index (Phi) is 5.97. The molecule has 0 fully saturated rings. The summed E-state index contributed by atoms with van der Waals surface area (Å²) >= 11 is 0. The van der Waals surface area contributed by atoms with E-state index in [1.807, 2.05) is 31.2 Å². The zero-order chi connectivity index (χ0) is 12.7. The summed E-state index contributed by atoms with van der Waals surface area (Å²) in [6, 6.07) is 7.83. The van der Waals surface area contributed by atoms with E-state index in [1.165, 1.54) is 0 Å². The van der Waals surface area contributed by atoms with Gasteiger partial charge in [-0.15, -0.1) is 6.58 Å². The molecule has 1 rings (SSSR count). The van der Waals surface area contributed by atoms with Crippen molar-refractivity contribution in [1.29, 1.82) is 0 Å². The first kappa shape index (κ1) is 14.0. The van der Waals surface area contributed by atoms with Crippen LogP contribution in [0.4, 0.5) is 0 Å². The Hall–Kier alpha value is -1.10. The van der Waals surface area contributed by atoms with Crippen molar-refractivity contribution in [2.75, 3.05) is 7.11 Å². The number of hydrogen-bond acceptors (Lipinski definition) is 3. The highest BCUT2D eigenvalue weighted by Gasteiger charge is 2.12. The molecule has 0 bridgehead atoms. The van der Waals surface area contributed by atoms with Crippen molar-refractivity contribution in [3.63, 3.8) is 0 Å². The van der Waals surface area contributed by atoms with Crippen LogP contribution in [0.3, 0.4) is 0 Å². The van der Waals surface area contributed by atoms with Gasteiger partial charge in [0, 0.05) is 0 Å². The van der Waals surface area contributed by atoms with Gasteiger partial charge < -0.3 is 13.9 Å². The highest BCUT2D eigenvalue weighted by atomic mass is 28.2. The van der Waals surface area contributed by atoms with E-state index in [2.05, 4.69) is 6.58 Å². The standard InChI is InChI=1S/C13H20O3Si/c1-4-13(10(2)16-17)15-9-11-5-7-12(14-3)8-6-11/h4-8,10,13H,1,9H2,2-3,17H3/t10-,13+/m0/s1. The first-order valence-corrected chi connectivity index (χ1v) is 6.42. The summed E-state index contributed by atoms with van der Waals surface area (Å²) in [6.07, 6.45) is 1.79. The van der Waals surface area contributed by atoms with Gasteiger partial charge in [-0.3, -0.25) is 0 Å². The molecular formula is C13H20O3Si. The molecule has 0 aliphatic heterocycles. The van der Waals surface area contributed by atoms with Crippen molar-refractivity contribution in [3.8, 4) is 5.75 Å². The minimum Gasteiger partial charge on any atom is -0.497 e. The Labute approximate surface area is 106 Å². The third-order valence-electron chi connectivity index (χ3n) is 2.67. The van der Waals surface area contributed by atoms with E-state index in [0.717, 1.165) is 11.3 Å². The molecule has 0 spiro atoms. The molecule has 1 aromatic carbocycles. The number of ether oxygens (including phenoxy) is 2. The predicted molar refractivity (Wildman–Crippen MR) is 72.3 cm³/mol. The molecule has 0 unspecified atom stereocenters. The lowest BCUT2D eigenvalue weighted by molar-refractivity contribution is 0.00388. The van der Waals surface area contributed by atoms with Gasteiger partial charge in [0.2, 0.25) is 0 Å². The summed E-state index contributed by atoms with van der Waals surface area (Å²) in [7, 11) is 2.36. The molecule has 3 nitrogen and oxygen atoms in total. The van der Waals surface area contributed by atoms with Gasteiger partial charge in [-0.1, -0.05) is 18.2 Å². The fourth-order valence-electron chi connectivity index (χ4n) is 1.44. The van der Waals surface area contributed by atoms with E-state index in [9.17, 15) is 0 Å². The average Bonchev–Trinajstić information content (AvgIpc) is 2.39. The second-order valence-electron chi connectivity index (χ2n) is 3.80.